The maximum Gasteiger partial charge on any atom is 0.306 e. The molecule has 0 spiro atoms. The smallest absolute Gasteiger partial charge is 0.306 e. The van der Waals surface area contributed by atoms with Gasteiger partial charge in [-0.1, -0.05) is 281 Å². The number of ether oxygens (including phenoxy) is 3. The third-order valence-corrected chi connectivity index (χ3v) is 14.7. The maximum atomic E-state index is 12.9. The van der Waals surface area contributed by atoms with Crippen molar-refractivity contribution < 1.29 is 28.6 Å². The van der Waals surface area contributed by atoms with Crippen LogP contribution in [-0.2, 0) is 28.6 Å². The largest absolute Gasteiger partial charge is 0.462 e. The molecule has 0 amide bonds. The lowest BCUT2D eigenvalue weighted by atomic mass is 10.0. The highest BCUT2D eigenvalue weighted by Gasteiger charge is 2.19. The third kappa shape index (κ3) is 62.0. The molecular formula is C70H126O6. The zero-order chi connectivity index (χ0) is 55.0. The molecule has 0 fully saturated rings. The summed E-state index contributed by atoms with van der Waals surface area (Å²) in [6, 6.07) is 0. The van der Waals surface area contributed by atoms with E-state index in [4.69, 9.17) is 14.2 Å². The van der Waals surface area contributed by atoms with Crippen molar-refractivity contribution in [2.45, 2.75) is 354 Å². The number of rotatable bonds is 61. The predicted molar refractivity (Wildman–Crippen MR) is 330 cm³/mol. The van der Waals surface area contributed by atoms with Gasteiger partial charge in [0.15, 0.2) is 6.10 Å². The van der Waals surface area contributed by atoms with Gasteiger partial charge >= 0.3 is 17.9 Å². The van der Waals surface area contributed by atoms with Crippen molar-refractivity contribution in [3.05, 3.63) is 60.8 Å². The van der Waals surface area contributed by atoms with Gasteiger partial charge in [0.2, 0.25) is 0 Å². The van der Waals surface area contributed by atoms with Gasteiger partial charge in [-0.3, -0.25) is 14.4 Å². The summed E-state index contributed by atoms with van der Waals surface area (Å²) in [5.74, 6) is -0.872. The monoisotopic (exact) mass is 1060 g/mol. The van der Waals surface area contributed by atoms with Gasteiger partial charge in [-0.2, -0.15) is 0 Å². The highest BCUT2D eigenvalue weighted by Crippen LogP contribution is 2.17. The molecule has 6 nitrogen and oxygen atoms in total. The van der Waals surface area contributed by atoms with Crippen molar-refractivity contribution in [1.29, 1.82) is 0 Å². The van der Waals surface area contributed by atoms with Gasteiger partial charge in [0.1, 0.15) is 13.2 Å². The Kier molecular flexibility index (Phi) is 62.2. The molecule has 0 heterocycles. The second-order valence-corrected chi connectivity index (χ2v) is 22.4. The number of hydrogen-bond donors (Lipinski definition) is 0. The van der Waals surface area contributed by atoms with Crippen LogP contribution in [0.1, 0.15) is 348 Å². The summed E-state index contributed by atoms with van der Waals surface area (Å²) >= 11 is 0. The van der Waals surface area contributed by atoms with Crippen LogP contribution in [0.5, 0.6) is 0 Å². The molecule has 0 aliphatic carbocycles. The number of carbonyl (C=O) groups excluding carboxylic acids is 3. The Morgan fingerprint density at radius 3 is 0.763 bits per heavy atom. The molecule has 0 aromatic carbocycles. The first-order valence-corrected chi connectivity index (χ1v) is 33.3. The Bertz CT molecular complexity index is 1360. The van der Waals surface area contributed by atoms with Gasteiger partial charge < -0.3 is 14.2 Å². The first-order valence-electron chi connectivity index (χ1n) is 33.3. The molecule has 0 N–H and O–H groups in total. The number of hydrogen-bond acceptors (Lipinski definition) is 6. The fourth-order valence-corrected chi connectivity index (χ4v) is 9.68. The average molecular weight is 1060 g/mol. The fourth-order valence-electron chi connectivity index (χ4n) is 9.68. The van der Waals surface area contributed by atoms with E-state index in [9.17, 15) is 14.4 Å². The first kappa shape index (κ1) is 73.1. The Morgan fingerprint density at radius 1 is 0.263 bits per heavy atom. The van der Waals surface area contributed by atoms with Crippen LogP contribution >= 0.6 is 0 Å². The van der Waals surface area contributed by atoms with Crippen molar-refractivity contribution in [2.24, 2.45) is 0 Å². The average Bonchev–Trinajstić information content (AvgIpc) is 3.42. The highest BCUT2D eigenvalue weighted by atomic mass is 16.6. The third-order valence-electron chi connectivity index (χ3n) is 14.7. The van der Waals surface area contributed by atoms with Crippen LogP contribution in [0.15, 0.2) is 60.8 Å². The summed E-state index contributed by atoms with van der Waals surface area (Å²) in [6.45, 7) is 6.61. The minimum atomic E-state index is -0.780. The van der Waals surface area contributed by atoms with E-state index < -0.39 is 6.10 Å². The zero-order valence-electron chi connectivity index (χ0n) is 50.8. The van der Waals surface area contributed by atoms with Crippen molar-refractivity contribution >= 4 is 17.9 Å². The Morgan fingerprint density at radius 2 is 0.474 bits per heavy atom. The van der Waals surface area contributed by atoms with Crippen molar-refractivity contribution in [2.75, 3.05) is 13.2 Å². The first-order chi connectivity index (χ1) is 37.5. The van der Waals surface area contributed by atoms with E-state index in [1.54, 1.807) is 0 Å². The minimum absolute atomic E-state index is 0.0760. The molecule has 76 heavy (non-hydrogen) atoms. The molecule has 0 saturated carbocycles. The van der Waals surface area contributed by atoms with Crippen LogP contribution in [0.2, 0.25) is 0 Å². The topological polar surface area (TPSA) is 78.9 Å². The molecule has 0 aromatic heterocycles. The van der Waals surface area contributed by atoms with Crippen LogP contribution in [0, 0.1) is 0 Å². The van der Waals surface area contributed by atoms with Crippen molar-refractivity contribution in [3.8, 4) is 0 Å². The Balaban J connectivity index is 4.23. The molecule has 1 atom stereocenters. The summed E-state index contributed by atoms with van der Waals surface area (Å²) in [6.07, 6.45) is 82.4. The molecule has 0 bridgehead atoms. The van der Waals surface area contributed by atoms with Crippen molar-refractivity contribution in [1.82, 2.24) is 0 Å². The van der Waals surface area contributed by atoms with E-state index in [0.29, 0.717) is 19.3 Å². The fraction of sp³-hybridized carbons (Fsp3) is 0.814. The molecule has 6 heteroatoms. The van der Waals surface area contributed by atoms with Crippen molar-refractivity contribution in [3.63, 3.8) is 0 Å². The molecule has 1 unspecified atom stereocenters. The lowest BCUT2D eigenvalue weighted by Gasteiger charge is -2.18. The molecule has 0 aliphatic rings. The van der Waals surface area contributed by atoms with Gasteiger partial charge in [-0.15, -0.1) is 0 Å². The van der Waals surface area contributed by atoms with Gasteiger partial charge in [-0.05, 0) is 109 Å². The summed E-state index contributed by atoms with van der Waals surface area (Å²) < 4.78 is 16.9. The molecule has 0 saturated heterocycles. The lowest BCUT2D eigenvalue weighted by molar-refractivity contribution is -0.167. The van der Waals surface area contributed by atoms with Gasteiger partial charge in [0.25, 0.3) is 0 Å². The molecule has 442 valence electrons. The van der Waals surface area contributed by atoms with Crippen LogP contribution in [0.25, 0.3) is 0 Å². The Hall–Kier alpha value is -2.89. The quantitative estimate of drug-likeness (QED) is 0.0261. The number of allylic oxidation sites excluding steroid dienone is 10. The van der Waals surface area contributed by atoms with Crippen LogP contribution in [-0.4, -0.2) is 37.2 Å². The number of carbonyl (C=O) groups is 3. The van der Waals surface area contributed by atoms with Crippen LogP contribution in [0.4, 0.5) is 0 Å². The van der Waals surface area contributed by atoms with Gasteiger partial charge in [0.05, 0.1) is 0 Å². The molecule has 0 rings (SSSR count). The van der Waals surface area contributed by atoms with Crippen LogP contribution in [0.3, 0.4) is 0 Å². The lowest BCUT2D eigenvalue weighted by Crippen LogP contribution is -2.30. The molecule has 0 radical (unpaired) electrons. The van der Waals surface area contributed by atoms with Gasteiger partial charge in [0, 0.05) is 19.3 Å². The summed E-state index contributed by atoms with van der Waals surface area (Å²) in [5.41, 5.74) is 0. The normalized spacial score (nSPS) is 12.4. The standard InChI is InChI=1S/C70H126O6/c1-4-7-10-13-16-19-22-25-27-29-31-32-33-34-35-36-37-38-40-41-43-45-48-51-54-57-60-63-69(72)75-66-67(65-74-68(71)62-59-56-53-50-47-24-21-18-15-12-9-6-3)76-70(73)64-61-58-55-52-49-46-44-42-39-30-28-26-23-20-17-14-11-8-5-2/h17-18,20-22,25-26,28-29,31,67H,4-16,19,23-24,27,30,32-66H2,1-3H3/b20-17-,21-18-,25-22-,28-26-,31-29-. The second-order valence-electron chi connectivity index (χ2n) is 22.4. The minimum Gasteiger partial charge on any atom is -0.462 e. The molecule has 0 aromatic rings. The van der Waals surface area contributed by atoms with Gasteiger partial charge in [-0.25, -0.2) is 0 Å². The van der Waals surface area contributed by atoms with E-state index in [1.165, 1.54) is 231 Å². The second kappa shape index (κ2) is 64.6. The number of esters is 3. The van der Waals surface area contributed by atoms with E-state index in [-0.39, 0.29) is 31.1 Å². The predicted octanol–water partition coefficient (Wildman–Crippen LogP) is 22.7. The molecular weight excluding hydrogens is 937 g/mol. The van der Waals surface area contributed by atoms with E-state index in [1.807, 2.05) is 0 Å². The maximum absolute atomic E-state index is 12.9. The van der Waals surface area contributed by atoms with Crippen LogP contribution < -0.4 is 0 Å². The summed E-state index contributed by atoms with van der Waals surface area (Å²) in [7, 11) is 0. The highest BCUT2D eigenvalue weighted by molar-refractivity contribution is 5.71. The zero-order valence-corrected chi connectivity index (χ0v) is 50.8. The Labute approximate surface area is 472 Å². The molecule has 0 aliphatic heterocycles. The van der Waals surface area contributed by atoms with E-state index in [2.05, 4.69) is 81.5 Å². The van der Waals surface area contributed by atoms with E-state index in [0.717, 1.165) is 77.0 Å². The van der Waals surface area contributed by atoms with E-state index >= 15 is 0 Å². The summed E-state index contributed by atoms with van der Waals surface area (Å²) in [5, 5.41) is 0. The SMILES string of the molecule is CCCCC/C=C\C/C=C\CCCCCCCCCCCC(=O)OC(COC(=O)CCCCCCC/C=C\CCCCC)COC(=O)CCCCCCCCCCCCCCCCC/C=C\C/C=C\CCCCCCC. The summed E-state index contributed by atoms with van der Waals surface area (Å²) in [4.78, 5) is 38.3. The number of unbranched alkanes of at least 4 members (excludes halogenated alkanes) is 40.